The maximum Gasteiger partial charge on any atom is 0.410 e. The molecule has 0 aromatic carbocycles. The highest BCUT2D eigenvalue weighted by Gasteiger charge is 2.35. The molecular formula is C10H17NO4. The van der Waals surface area contributed by atoms with Crippen molar-refractivity contribution in [3.05, 3.63) is 0 Å². The Morgan fingerprint density at radius 2 is 2.20 bits per heavy atom. The molecule has 0 aliphatic carbocycles. The summed E-state index contributed by atoms with van der Waals surface area (Å²) in [6.07, 6.45) is 1.85. The lowest BCUT2D eigenvalue weighted by Crippen LogP contribution is -2.41. The SMILES string of the molecule is CCCOC(=O)N1CCCC1C(=O)OC. The van der Waals surface area contributed by atoms with Gasteiger partial charge in [-0.15, -0.1) is 0 Å². The van der Waals surface area contributed by atoms with Gasteiger partial charge in [0.2, 0.25) is 0 Å². The fourth-order valence-corrected chi connectivity index (χ4v) is 1.64. The topological polar surface area (TPSA) is 55.8 Å². The number of rotatable bonds is 3. The van der Waals surface area contributed by atoms with Crippen LogP contribution in [0.1, 0.15) is 26.2 Å². The number of carbonyl (C=O) groups is 2. The van der Waals surface area contributed by atoms with E-state index in [-0.39, 0.29) is 5.97 Å². The maximum atomic E-state index is 11.5. The Balaban J connectivity index is 2.52. The normalized spacial score (nSPS) is 20.1. The molecule has 5 heteroatoms. The second-order valence-corrected chi connectivity index (χ2v) is 3.49. The lowest BCUT2D eigenvalue weighted by molar-refractivity contribution is -0.145. The smallest absolute Gasteiger partial charge is 0.410 e. The van der Waals surface area contributed by atoms with E-state index in [1.165, 1.54) is 12.0 Å². The summed E-state index contributed by atoms with van der Waals surface area (Å²) in [6, 6.07) is -0.459. The van der Waals surface area contributed by atoms with Crippen molar-refractivity contribution < 1.29 is 19.1 Å². The minimum Gasteiger partial charge on any atom is -0.467 e. The number of carbonyl (C=O) groups excluding carboxylic acids is 2. The van der Waals surface area contributed by atoms with Gasteiger partial charge >= 0.3 is 12.1 Å². The fourth-order valence-electron chi connectivity index (χ4n) is 1.64. The zero-order chi connectivity index (χ0) is 11.3. The number of ether oxygens (including phenoxy) is 2. The average Bonchev–Trinajstić information content (AvgIpc) is 2.73. The average molecular weight is 215 g/mol. The third-order valence-electron chi connectivity index (χ3n) is 2.39. The monoisotopic (exact) mass is 215 g/mol. The van der Waals surface area contributed by atoms with Crippen LogP contribution in [0.3, 0.4) is 0 Å². The van der Waals surface area contributed by atoms with Gasteiger partial charge < -0.3 is 9.47 Å². The van der Waals surface area contributed by atoms with E-state index in [2.05, 4.69) is 4.74 Å². The quantitative estimate of drug-likeness (QED) is 0.663. The van der Waals surface area contributed by atoms with Gasteiger partial charge in [-0.05, 0) is 19.3 Å². The molecule has 0 aromatic rings. The largest absolute Gasteiger partial charge is 0.467 e. The second kappa shape index (κ2) is 5.58. The molecular weight excluding hydrogens is 198 g/mol. The van der Waals surface area contributed by atoms with Crippen molar-refractivity contribution in [3.63, 3.8) is 0 Å². The van der Waals surface area contributed by atoms with Crippen molar-refractivity contribution in [1.82, 2.24) is 4.90 Å². The number of amides is 1. The zero-order valence-corrected chi connectivity index (χ0v) is 9.19. The van der Waals surface area contributed by atoms with Gasteiger partial charge in [-0.25, -0.2) is 9.59 Å². The summed E-state index contributed by atoms with van der Waals surface area (Å²) in [6.45, 7) is 2.89. The Kier molecular flexibility index (Phi) is 4.39. The molecule has 0 spiro atoms. The summed E-state index contributed by atoms with van der Waals surface area (Å²) in [7, 11) is 1.33. The Morgan fingerprint density at radius 1 is 1.47 bits per heavy atom. The van der Waals surface area contributed by atoms with E-state index < -0.39 is 12.1 Å². The number of nitrogens with zero attached hydrogens (tertiary/aromatic N) is 1. The van der Waals surface area contributed by atoms with Gasteiger partial charge in [-0.3, -0.25) is 4.90 Å². The van der Waals surface area contributed by atoms with Crippen LogP contribution in [0, 0.1) is 0 Å². The van der Waals surface area contributed by atoms with Crippen molar-refractivity contribution in [1.29, 1.82) is 0 Å². The summed E-state index contributed by atoms with van der Waals surface area (Å²) in [5.74, 6) is -0.360. The summed E-state index contributed by atoms with van der Waals surface area (Å²) >= 11 is 0. The first-order valence-corrected chi connectivity index (χ1v) is 5.22. The highest BCUT2D eigenvalue weighted by molar-refractivity contribution is 5.81. The molecule has 1 unspecified atom stereocenters. The summed E-state index contributed by atoms with van der Waals surface area (Å²) in [5.41, 5.74) is 0. The summed E-state index contributed by atoms with van der Waals surface area (Å²) < 4.78 is 9.61. The molecule has 1 fully saturated rings. The zero-order valence-electron chi connectivity index (χ0n) is 9.19. The Morgan fingerprint density at radius 3 is 2.80 bits per heavy atom. The molecule has 0 saturated carbocycles. The first kappa shape index (κ1) is 11.8. The van der Waals surface area contributed by atoms with Crippen LogP contribution >= 0.6 is 0 Å². The molecule has 1 heterocycles. The first-order valence-electron chi connectivity index (χ1n) is 5.22. The number of likely N-dealkylation sites (tertiary alicyclic amines) is 1. The van der Waals surface area contributed by atoms with Crippen molar-refractivity contribution in [2.45, 2.75) is 32.2 Å². The van der Waals surface area contributed by atoms with Gasteiger partial charge in [0.15, 0.2) is 0 Å². The van der Waals surface area contributed by atoms with Crippen LogP contribution in [0.25, 0.3) is 0 Å². The third-order valence-corrected chi connectivity index (χ3v) is 2.39. The molecule has 15 heavy (non-hydrogen) atoms. The van der Waals surface area contributed by atoms with E-state index in [4.69, 9.17) is 4.74 Å². The van der Waals surface area contributed by atoms with E-state index in [0.717, 1.165) is 12.8 Å². The van der Waals surface area contributed by atoms with E-state index >= 15 is 0 Å². The number of hydrogen-bond acceptors (Lipinski definition) is 4. The van der Waals surface area contributed by atoms with Crippen molar-refractivity contribution in [2.75, 3.05) is 20.3 Å². The summed E-state index contributed by atoms with van der Waals surface area (Å²) in [5, 5.41) is 0. The van der Waals surface area contributed by atoms with Crippen LogP contribution in [-0.4, -0.2) is 43.3 Å². The predicted octanol–water partition coefficient (Wildman–Crippen LogP) is 1.17. The maximum absolute atomic E-state index is 11.5. The molecule has 1 aliphatic rings. The third kappa shape index (κ3) is 2.84. The minimum absolute atomic E-state index is 0.360. The van der Waals surface area contributed by atoms with Crippen LogP contribution in [0.5, 0.6) is 0 Å². The molecule has 0 aromatic heterocycles. The molecule has 5 nitrogen and oxygen atoms in total. The highest BCUT2D eigenvalue weighted by Crippen LogP contribution is 2.19. The molecule has 1 amide bonds. The molecule has 0 N–H and O–H groups in total. The number of esters is 1. The van der Waals surface area contributed by atoms with E-state index in [9.17, 15) is 9.59 Å². The van der Waals surface area contributed by atoms with Crippen LogP contribution in [-0.2, 0) is 14.3 Å². The van der Waals surface area contributed by atoms with Crippen LogP contribution in [0.4, 0.5) is 4.79 Å². The standard InChI is InChI=1S/C10H17NO4/c1-3-7-15-10(13)11-6-4-5-8(11)9(12)14-2/h8H,3-7H2,1-2H3. The molecule has 1 aliphatic heterocycles. The molecule has 1 saturated heterocycles. The van der Waals surface area contributed by atoms with E-state index in [0.29, 0.717) is 19.6 Å². The Bertz CT molecular complexity index is 242. The Hall–Kier alpha value is -1.26. The van der Waals surface area contributed by atoms with E-state index in [1.54, 1.807) is 0 Å². The molecule has 86 valence electrons. The number of hydrogen-bond donors (Lipinski definition) is 0. The number of methoxy groups -OCH3 is 1. The van der Waals surface area contributed by atoms with Crippen molar-refractivity contribution in [2.24, 2.45) is 0 Å². The molecule has 0 bridgehead atoms. The minimum atomic E-state index is -0.459. The van der Waals surface area contributed by atoms with Gasteiger partial charge in [0.1, 0.15) is 6.04 Å². The first-order chi connectivity index (χ1) is 7.20. The van der Waals surface area contributed by atoms with Gasteiger partial charge in [0.25, 0.3) is 0 Å². The molecule has 0 radical (unpaired) electrons. The predicted molar refractivity (Wildman–Crippen MR) is 53.4 cm³/mol. The molecule has 1 rings (SSSR count). The van der Waals surface area contributed by atoms with Gasteiger partial charge in [-0.2, -0.15) is 0 Å². The highest BCUT2D eigenvalue weighted by atomic mass is 16.6. The van der Waals surface area contributed by atoms with Crippen LogP contribution in [0.15, 0.2) is 0 Å². The van der Waals surface area contributed by atoms with Crippen molar-refractivity contribution in [3.8, 4) is 0 Å². The second-order valence-electron chi connectivity index (χ2n) is 3.49. The van der Waals surface area contributed by atoms with Gasteiger partial charge in [-0.1, -0.05) is 6.92 Å². The van der Waals surface area contributed by atoms with Crippen LogP contribution < -0.4 is 0 Å². The lowest BCUT2D eigenvalue weighted by Gasteiger charge is -2.21. The van der Waals surface area contributed by atoms with Crippen LogP contribution in [0.2, 0.25) is 0 Å². The van der Waals surface area contributed by atoms with Crippen molar-refractivity contribution >= 4 is 12.1 Å². The summed E-state index contributed by atoms with van der Waals surface area (Å²) in [4.78, 5) is 24.3. The van der Waals surface area contributed by atoms with Gasteiger partial charge in [0, 0.05) is 6.54 Å². The van der Waals surface area contributed by atoms with E-state index in [1.807, 2.05) is 6.92 Å². The van der Waals surface area contributed by atoms with Gasteiger partial charge in [0.05, 0.1) is 13.7 Å². The molecule has 1 atom stereocenters. The lowest BCUT2D eigenvalue weighted by atomic mass is 10.2. The fraction of sp³-hybridized carbons (Fsp3) is 0.800. The Labute approximate surface area is 89.3 Å².